The fourth-order valence-electron chi connectivity index (χ4n) is 3.82. The van der Waals surface area contributed by atoms with Crippen molar-refractivity contribution in [1.82, 2.24) is 14.7 Å². The van der Waals surface area contributed by atoms with Crippen LogP contribution in [0, 0.1) is 6.92 Å². The van der Waals surface area contributed by atoms with Crippen molar-refractivity contribution in [3.8, 4) is 5.75 Å². The number of nitrogens with zero attached hydrogens (tertiary/aromatic N) is 3. The minimum absolute atomic E-state index is 0. The Morgan fingerprint density at radius 3 is 2.67 bits per heavy atom. The lowest BCUT2D eigenvalue weighted by molar-refractivity contribution is -0.117. The lowest BCUT2D eigenvalue weighted by Gasteiger charge is -2.21. The summed E-state index contributed by atoms with van der Waals surface area (Å²) in [7, 11) is 1.58. The number of ether oxygens (including phenoxy) is 1. The molecule has 0 saturated carbocycles. The van der Waals surface area contributed by atoms with Crippen LogP contribution >= 0.6 is 51.5 Å². The zero-order chi connectivity index (χ0) is 27.4. The summed E-state index contributed by atoms with van der Waals surface area (Å²) in [4.78, 5) is 31.1. The molecule has 0 spiro atoms. The Bertz CT molecular complexity index is 1510. The van der Waals surface area contributed by atoms with Gasteiger partial charge in [-0.3, -0.25) is 9.20 Å². The molecule has 0 atom stereocenters. The van der Waals surface area contributed by atoms with Crippen LogP contribution in [0.25, 0.3) is 5.65 Å². The minimum Gasteiger partial charge on any atom is -0.485 e. The van der Waals surface area contributed by atoms with Crippen LogP contribution in [0.15, 0.2) is 59.3 Å². The van der Waals surface area contributed by atoms with Crippen molar-refractivity contribution < 1.29 is 14.3 Å². The maximum Gasteiger partial charge on any atom is 0.319 e. The van der Waals surface area contributed by atoms with E-state index in [1.165, 1.54) is 4.90 Å². The highest BCUT2D eigenvalue weighted by atomic mass is 79.9. The lowest BCUT2D eigenvalue weighted by atomic mass is 10.1. The Morgan fingerprint density at radius 2 is 1.92 bits per heavy atom. The van der Waals surface area contributed by atoms with Crippen LogP contribution < -0.4 is 20.3 Å². The molecular formula is C27H27BrCl3N5O3. The highest BCUT2D eigenvalue weighted by Gasteiger charge is 2.20. The van der Waals surface area contributed by atoms with E-state index in [0.717, 1.165) is 22.3 Å². The number of hydrogen-bond donors (Lipinski definition) is 2. The maximum absolute atomic E-state index is 12.9. The third-order valence-corrected chi connectivity index (χ3v) is 7.71. The van der Waals surface area contributed by atoms with Gasteiger partial charge in [0.05, 0.1) is 22.9 Å². The van der Waals surface area contributed by atoms with Gasteiger partial charge in [-0.25, -0.2) is 9.78 Å². The highest BCUT2D eigenvalue weighted by Crippen LogP contribution is 2.35. The molecule has 0 aliphatic heterocycles. The Balaban J connectivity index is 0.00000420. The first-order valence-electron chi connectivity index (χ1n) is 11.8. The second-order valence-electron chi connectivity index (χ2n) is 8.52. The number of rotatable bonds is 8. The molecule has 0 radical (unpaired) electrons. The van der Waals surface area contributed by atoms with E-state index in [2.05, 4.69) is 31.5 Å². The quantitative estimate of drug-likeness (QED) is 0.213. The van der Waals surface area contributed by atoms with E-state index in [9.17, 15) is 9.59 Å². The fraction of sp³-hybridized carbons (Fsp3) is 0.222. The summed E-state index contributed by atoms with van der Waals surface area (Å²) >= 11 is 16.6. The number of likely N-dealkylation sites (N-methyl/N-ethyl adjacent to an activating group) is 1. The Hall–Kier alpha value is -2.98. The number of fused-ring (bicyclic) bond motifs is 1. The maximum atomic E-state index is 12.9. The zero-order valence-electron chi connectivity index (χ0n) is 21.4. The van der Waals surface area contributed by atoms with E-state index >= 15 is 0 Å². The third kappa shape index (κ3) is 6.97. The van der Waals surface area contributed by atoms with Gasteiger partial charge in [-0.1, -0.05) is 42.3 Å². The summed E-state index contributed by atoms with van der Waals surface area (Å²) in [5.74, 6) is 0.198. The summed E-state index contributed by atoms with van der Waals surface area (Å²) in [6.07, 6.45) is 2.73. The second kappa shape index (κ2) is 13.4. The summed E-state index contributed by atoms with van der Waals surface area (Å²) in [5.41, 5.74) is 4.20. The average Bonchev–Trinajstić information content (AvgIpc) is 3.20. The third-order valence-electron chi connectivity index (χ3n) is 5.98. The van der Waals surface area contributed by atoms with Crippen LogP contribution in [0.1, 0.15) is 23.7 Å². The topological polar surface area (TPSA) is 88.0 Å². The van der Waals surface area contributed by atoms with Crippen LogP contribution in [0.4, 0.5) is 16.2 Å². The monoisotopic (exact) mass is 653 g/mol. The van der Waals surface area contributed by atoms with Gasteiger partial charge in [-0.2, -0.15) is 0 Å². The van der Waals surface area contributed by atoms with E-state index < -0.39 is 6.03 Å². The SMILES string of the molecule is CCc1cccc(NC(=O)NCC(=O)N(C)c2ccc(Cl)c(COc3cccn4c(Br)c(C)nc34)c2Cl)c1.Cl. The molecule has 0 aliphatic rings. The molecule has 0 bridgehead atoms. The summed E-state index contributed by atoms with van der Waals surface area (Å²) in [6, 6.07) is 14.0. The molecule has 0 unspecified atom stereocenters. The number of aromatic nitrogens is 2. The molecule has 3 amide bonds. The van der Waals surface area contributed by atoms with Crippen molar-refractivity contribution in [2.24, 2.45) is 0 Å². The zero-order valence-corrected chi connectivity index (χ0v) is 25.3. The Labute approximate surface area is 251 Å². The smallest absolute Gasteiger partial charge is 0.319 e. The van der Waals surface area contributed by atoms with Crippen molar-refractivity contribution in [1.29, 1.82) is 0 Å². The summed E-state index contributed by atoms with van der Waals surface area (Å²) in [6.45, 7) is 3.77. The second-order valence-corrected chi connectivity index (χ2v) is 10.1. The first-order chi connectivity index (χ1) is 18.2. The van der Waals surface area contributed by atoms with Crippen molar-refractivity contribution in [3.63, 3.8) is 0 Å². The number of carbonyl (C=O) groups is 2. The average molecular weight is 656 g/mol. The lowest BCUT2D eigenvalue weighted by Crippen LogP contribution is -2.40. The number of urea groups is 1. The van der Waals surface area contributed by atoms with Gasteiger partial charge in [-0.15, -0.1) is 12.4 Å². The number of benzene rings is 2. The molecule has 0 saturated heterocycles. The number of hydrogen-bond acceptors (Lipinski definition) is 4. The molecule has 0 fully saturated rings. The number of imidazole rings is 1. The van der Waals surface area contributed by atoms with E-state index in [1.807, 2.05) is 54.8 Å². The van der Waals surface area contributed by atoms with E-state index in [4.69, 9.17) is 27.9 Å². The molecule has 12 heteroatoms. The molecule has 2 aromatic heterocycles. The first-order valence-corrected chi connectivity index (χ1v) is 13.4. The van der Waals surface area contributed by atoms with Gasteiger partial charge < -0.3 is 20.3 Å². The largest absolute Gasteiger partial charge is 0.485 e. The predicted molar refractivity (Wildman–Crippen MR) is 162 cm³/mol. The molecule has 2 heterocycles. The standard InChI is InChI=1S/C27H26BrCl2N5O3.ClH/c1-4-17-7-5-8-18(13-17)33-27(37)31-14-23(36)34(3)21-11-10-20(29)19(24(21)30)15-38-22-9-6-12-35-25(28)16(2)32-26(22)35;/h5-13H,4,14-15H2,1-3H3,(H2,31,33,37);1H. The number of amides is 3. The van der Waals surface area contributed by atoms with Gasteiger partial charge in [0.2, 0.25) is 5.91 Å². The number of pyridine rings is 1. The summed E-state index contributed by atoms with van der Waals surface area (Å²) < 4.78 is 8.76. The molecule has 8 nitrogen and oxygen atoms in total. The number of anilines is 2. The van der Waals surface area contributed by atoms with E-state index in [0.29, 0.717) is 33.4 Å². The first kappa shape index (κ1) is 30.6. The molecule has 2 N–H and O–H groups in total. The fourth-order valence-corrected chi connectivity index (χ4v) is 4.80. The van der Waals surface area contributed by atoms with Gasteiger partial charge in [0.15, 0.2) is 11.4 Å². The van der Waals surface area contributed by atoms with Crippen LogP contribution in [0.3, 0.4) is 0 Å². The Kier molecular flexibility index (Phi) is 10.5. The van der Waals surface area contributed by atoms with Crippen molar-refractivity contribution >= 4 is 80.5 Å². The van der Waals surface area contributed by atoms with Gasteiger partial charge in [0.25, 0.3) is 0 Å². The Morgan fingerprint density at radius 1 is 1.15 bits per heavy atom. The molecule has 206 valence electrons. The predicted octanol–water partition coefficient (Wildman–Crippen LogP) is 7.06. The van der Waals surface area contributed by atoms with Gasteiger partial charge >= 0.3 is 6.03 Å². The molecular weight excluding hydrogens is 629 g/mol. The molecule has 4 rings (SSSR count). The highest BCUT2D eigenvalue weighted by molar-refractivity contribution is 9.10. The van der Waals surface area contributed by atoms with Gasteiger partial charge in [0.1, 0.15) is 11.2 Å². The van der Waals surface area contributed by atoms with Crippen LogP contribution in [-0.2, 0) is 17.8 Å². The van der Waals surface area contributed by atoms with Crippen LogP contribution in [0.5, 0.6) is 5.75 Å². The van der Waals surface area contributed by atoms with Crippen molar-refractivity contribution in [3.05, 3.63) is 86.2 Å². The normalized spacial score (nSPS) is 10.6. The summed E-state index contributed by atoms with van der Waals surface area (Å²) in [5, 5.41) is 6.01. The molecule has 2 aromatic carbocycles. The van der Waals surface area contributed by atoms with Gasteiger partial charge in [0, 0.05) is 29.5 Å². The molecule has 0 aliphatic carbocycles. The van der Waals surface area contributed by atoms with Gasteiger partial charge in [-0.05, 0) is 71.2 Å². The van der Waals surface area contributed by atoms with E-state index in [-0.39, 0.29) is 36.5 Å². The molecule has 4 aromatic rings. The number of aryl methyl sites for hydroxylation is 2. The number of halogens is 4. The van der Waals surface area contributed by atoms with Crippen LogP contribution in [0.2, 0.25) is 10.0 Å². The number of nitrogens with one attached hydrogen (secondary N) is 2. The van der Waals surface area contributed by atoms with Crippen LogP contribution in [-0.4, -0.2) is 34.9 Å². The molecule has 39 heavy (non-hydrogen) atoms. The van der Waals surface area contributed by atoms with Crippen molar-refractivity contribution in [2.45, 2.75) is 26.9 Å². The van der Waals surface area contributed by atoms with Crippen molar-refractivity contribution in [2.75, 3.05) is 23.8 Å². The number of carbonyl (C=O) groups excluding carboxylic acids is 2. The minimum atomic E-state index is -0.480. The van der Waals surface area contributed by atoms with E-state index in [1.54, 1.807) is 25.2 Å².